The van der Waals surface area contributed by atoms with Gasteiger partial charge in [0.15, 0.2) is 5.96 Å². The zero-order valence-electron chi connectivity index (χ0n) is 19.0. The van der Waals surface area contributed by atoms with E-state index < -0.39 is 0 Å². The Morgan fingerprint density at radius 3 is 2.50 bits per heavy atom. The zero-order valence-corrected chi connectivity index (χ0v) is 22.0. The maximum Gasteiger partial charge on any atom is 0.251 e. The number of benzene rings is 2. The molecule has 32 heavy (non-hydrogen) atoms. The number of amides is 1. The van der Waals surface area contributed by atoms with Gasteiger partial charge in [-0.15, -0.1) is 24.0 Å². The van der Waals surface area contributed by atoms with Gasteiger partial charge in [-0.05, 0) is 62.3 Å². The lowest BCUT2D eigenvalue weighted by Crippen LogP contribution is -2.40. The Morgan fingerprint density at radius 2 is 1.84 bits per heavy atom. The lowest BCUT2D eigenvalue weighted by Gasteiger charge is -2.19. The molecule has 1 amide bonds. The van der Waals surface area contributed by atoms with E-state index in [1.54, 1.807) is 7.05 Å². The predicted molar refractivity (Wildman–Crippen MR) is 143 cm³/mol. The molecule has 0 bridgehead atoms. The summed E-state index contributed by atoms with van der Waals surface area (Å²) in [6, 6.07) is 15.8. The quantitative estimate of drug-likeness (QED) is 0.245. The first-order chi connectivity index (χ1) is 14.9. The third kappa shape index (κ3) is 7.64. The van der Waals surface area contributed by atoms with E-state index in [2.05, 4.69) is 33.1 Å². The van der Waals surface area contributed by atoms with Crippen LogP contribution in [0.4, 0.5) is 0 Å². The maximum atomic E-state index is 12.4. The van der Waals surface area contributed by atoms with E-state index in [9.17, 15) is 4.79 Å². The molecule has 1 saturated carbocycles. The van der Waals surface area contributed by atoms with Gasteiger partial charge in [0.2, 0.25) is 0 Å². The molecule has 0 spiro atoms. The third-order valence-electron chi connectivity index (χ3n) is 5.60. The average molecular weight is 570 g/mol. The highest BCUT2D eigenvalue weighted by Gasteiger charge is 2.44. The van der Waals surface area contributed by atoms with Crippen molar-refractivity contribution in [3.63, 3.8) is 0 Å². The Bertz CT molecular complexity index is 930. The average Bonchev–Trinajstić information content (AvgIpc) is 3.55. The molecule has 0 atom stereocenters. The van der Waals surface area contributed by atoms with Crippen LogP contribution in [0.25, 0.3) is 0 Å². The number of rotatable bonds is 9. The molecule has 0 unspecified atom stereocenters. The van der Waals surface area contributed by atoms with Crippen molar-refractivity contribution in [2.45, 2.75) is 24.8 Å². The van der Waals surface area contributed by atoms with Gasteiger partial charge in [-0.1, -0.05) is 35.9 Å². The van der Waals surface area contributed by atoms with E-state index >= 15 is 0 Å². The maximum absolute atomic E-state index is 12.4. The van der Waals surface area contributed by atoms with Gasteiger partial charge >= 0.3 is 0 Å². The largest absolute Gasteiger partial charge is 0.356 e. The normalized spacial score (nSPS) is 14.5. The molecule has 2 aromatic rings. The Kier molecular flexibility index (Phi) is 10.2. The van der Waals surface area contributed by atoms with Gasteiger partial charge < -0.3 is 20.9 Å². The number of likely N-dealkylation sites (N-methyl/N-ethyl adjacent to an activating group) is 1. The third-order valence-corrected chi connectivity index (χ3v) is 5.84. The van der Waals surface area contributed by atoms with Crippen LogP contribution in [-0.2, 0) is 12.0 Å². The lowest BCUT2D eigenvalue weighted by atomic mass is 9.96. The number of guanidine groups is 1. The fourth-order valence-electron chi connectivity index (χ4n) is 3.51. The Morgan fingerprint density at radius 1 is 1.09 bits per heavy atom. The van der Waals surface area contributed by atoms with Gasteiger partial charge in [-0.2, -0.15) is 0 Å². The minimum Gasteiger partial charge on any atom is -0.356 e. The number of nitrogens with zero attached hydrogens (tertiary/aromatic N) is 2. The van der Waals surface area contributed by atoms with E-state index in [1.807, 2.05) is 55.4 Å². The van der Waals surface area contributed by atoms with Crippen molar-refractivity contribution in [3.8, 4) is 0 Å². The molecule has 6 nitrogen and oxygen atoms in total. The van der Waals surface area contributed by atoms with E-state index in [1.165, 1.54) is 5.56 Å². The van der Waals surface area contributed by atoms with E-state index in [-0.39, 0.29) is 35.3 Å². The highest BCUT2D eigenvalue weighted by Crippen LogP contribution is 2.48. The fourth-order valence-corrected chi connectivity index (χ4v) is 3.70. The van der Waals surface area contributed by atoms with Gasteiger partial charge in [0.25, 0.3) is 5.91 Å². The number of hydrogen-bond acceptors (Lipinski definition) is 3. The minimum absolute atomic E-state index is 0. The van der Waals surface area contributed by atoms with Gasteiger partial charge in [0, 0.05) is 49.2 Å². The summed E-state index contributed by atoms with van der Waals surface area (Å²) in [7, 11) is 5.74. The van der Waals surface area contributed by atoms with Crippen molar-refractivity contribution in [2.24, 2.45) is 4.99 Å². The van der Waals surface area contributed by atoms with Crippen LogP contribution in [0.3, 0.4) is 0 Å². The molecule has 174 valence electrons. The second-order valence-electron chi connectivity index (χ2n) is 8.33. The van der Waals surface area contributed by atoms with E-state index in [4.69, 9.17) is 11.6 Å². The predicted octanol–water partition coefficient (Wildman–Crippen LogP) is 3.65. The summed E-state index contributed by atoms with van der Waals surface area (Å²) >= 11 is 6.18. The number of nitrogens with one attached hydrogen (secondary N) is 3. The summed E-state index contributed by atoms with van der Waals surface area (Å²) in [6.45, 7) is 2.83. The van der Waals surface area contributed by atoms with Crippen LogP contribution < -0.4 is 16.0 Å². The van der Waals surface area contributed by atoms with Crippen LogP contribution >= 0.6 is 35.6 Å². The highest BCUT2D eigenvalue weighted by atomic mass is 127. The molecule has 0 saturated heterocycles. The van der Waals surface area contributed by atoms with Gasteiger partial charge in [0.1, 0.15) is 0 Å². The smallest absolute Gasteiger partial charge is 0.251 e. The minimum atomic E-state index is -0.0524. The Hall–Kier alpha value is -1.84. The first-order valence-corrected chi connectivity index (χ1v) is 11.0. The Balaban J connectivity index is 0.00000363. The van der Waals surface area contributed by atoms with Crippen molar-refractivity contribution in [1.82, 2.24) is 20.9 Å². The van der Waals surface area contributed by atoms with Crippen molar-refractivity contribution in [3.05, 3.63) is 70.2 Å². The molecule has 8 heteroatoms. The topological polar surface area (TPSA) is 68.8 Å². The second-order valence-corrected chi connectivity index (χ2v) is 8.77. The van der Waals surface area contributed by atoms with Crippen molar-refractivity contribution >= 4 is 47.4 Å². The molecule has 0 heterocycles. The van der Waals surface area contributed by atoms with Crippen molar-refractivity contribution in [1.29, 1.82) is 0 Å². The molecular weight excluding hydrogens is 537 g/mol. The summed E-state index contributed by atoms with van der Waals surface area (Å²) in [5, 5.41) is 10.5. The number of halogens is 2. The van der Waals surface area contributed by atoms with Gasteiger partial charge in [0.05, 0.1) is 0 Å². The molecule has 1 aliphatic carbocycles. The molecule has 0 radical (unpaired) electrons. The molecule has 3 N–H and O–H groups in total. The summed E-state index contributed by atoms with van der Waals surface area (Å²) in [4.78, 5) is 18.7. The van der Waals surface area contributed by atoms with Crippen LogP contribution in [0.2, 0.25) is 5.02 Å². The number of hydrogen-bond donors (Lipinski definition) is 3. The van der Waals surface area contributed by atoms with Crippen LogP contribution in [-0.4, -0.2) is 57.5 Å². The molecule has 2 aromatic carbocycles. The summed E-state index contributed by atoms with van der Waals surface area (Å²) in [5.41, 5.74) is 3.10. The van der Waals surface area contributed by atoms with Crippen molar-refractivity contribution in [2.75, 3.05) is 40.8 Å². The van der Waals surface area contributed by atoms with Crippen molar-refractivity contribution < 1.29 is 4.79 Å². The molecule has 1 fully saturated rings. The SMILES string of the molecule is CN=C(NCc1cccc(C(=O)NCCN(C)C)c1)NCC1(c2cccc(Cl)c2)CC1.I. The van der Waals surface area contributed by atoms with Crippen LogP contribution in [0.1, 0.15) is 34.3 Å². The van der Waals surface area contributed by atoms with Gasteiger partial charge in [-0.3, -0.25) is 9.79 Å². The standard InChI is InChI=1S/C24H32ClN5O.HI/c1-26-23(29-17-24(10-11-24)20-8-5-9-21(25)15-20)28-16-18-6-4-7-19(14-18)22(31)27-12-13-30(2)3;/h4-9,14-15H,10-13,16-17H2,1-3H3,(H,27,31)(H2,26,28,29);1H. The monoisotopic (exact) mass is 569 g/mol. The summed E-state index contributed by atoms with van der Waals surface area (Å²) < 4.78 is 0. The molecular formula is C24H33ClIN5O. The molecule has 1 aliphatic rings. The lowest BCUT2D eigenvalue weighted by molar-refractivity contribution is 0.0951. The molecule has 3 rings (SSSR count). The number of aliphatic imine (C=N–C) groups is 1. The number of carbonyl (C=O) groups excluding carboxylic acids is 1. The Labute approximate surface area is 213 Å². The molecule has 0 aliphatic heterocycles. The first-order valence-electron chi connectivity index (χ1n) is 10.6. The fraction of sp³-hybridized carbons (Fsp3) is 0.417. The second kappa shape index (κ2) is 12.4. The van der Waals surface area contributed by atoms with Crippen LogP contribution in [0.15, 0.2) is 53.5 Å². The van der Waals surface area contributed by atoms with Crippen LogP contribution in [0.5, 0.6) is 0 Å². The van der Waals surface area contributed by atoms with Gasteiger partial charge in [-0.25, -0.2) is 0 Å². The molecule has 0 aromatic heterocycles. The first kappa shape index (κ1) is 26.4. The van der Waals surface area contributed by atoms with E-state index in [0.717, 1.165) is 42.5 Å². The van der Waals surface area contributed by atoms with Crippen LogP contribution in [0, 0.1) is 0 Å². The summed E-state index contributed by atoms with van der Waals surface area (Å²) in [6.07, 6.45) is 2.28. The van der Waals surface area contributed by atoms with E-state index in [0.29, 0.717) is 18.7 Å². The highest BCUT2D eigenvalue weighted by molar-refractivity contribution is 14.0. The number of carbonyl (C=O) groups is 1. The summed E-state index contributed by atoms with van der Waals surface area (Å²) in [5.74, 6) is 0.692. The zero-order chi connectivity index (χ0) is 22.3.